The van der Waals surface area contributed by atoms with E-state index in [-0.39, 0.29) is 10.8 Å². The molecule has 2 saturated heterocycles. The number of nitrogens with zero attached hydrogens (tertiary/aromatic N) is 2. The minimum atomic E-state index is -3.53. The summed E-state index contributed by atoms with van der Waals surface area (Å²) in [6, 6.07) is 6.74. The van der Waals surface area contributed by atoms with Crippen LogP contribution in [0, 0.1) is 0 Å². The number of piperidine rings is 1. The molecule has 2 atom stereocenters. The molecule has 6 nitrogen and oxygen atoms in total. The number of nitrogens with one attached hydrogen (secondary N) is 1. The summed E-state index contributed by atoms with van der Waals surface area (Å²) in [6.45, 7) is 5.35. The van der Waals surface area contributed by atoms with E-state index in [0.29, 0.717) is 43.8 Å². The van der Waals surface area contributed by atoms with Crippen molar-refractivity contribution in [1.29, 1.82) is 0 Å². The van der Waals surface area contributed by atoms with E-state index in [0.717, 1.165) is 6.54 Å². The Morgan fingerprint density at radius 2 is 1.81 bits per heavy atom. The SMILES string of the molecule is C[C@H]1CCCC[NH+]1CC(=O)N1CCN(S(=O)(=O)c2ccc(Cl)cc2)CC1. The van der Waals surface area contributed by atoms with Gasteiger partial charge in [0.1, 0.15) is 0 Å². The normalized spacial score (nSPS) is 25.2. The molecule has 0 aliphatic carbocycles. The van der Waals surface area contributed by atoms with Gasteiger partial charge in [0.05, 0.1) is 17.5 Å². The molecule has 1 aromatic carbocycles. The van der Waals surface area contributed by atoms with Crippen molar-refractivity contribution in [3.05, 3.63) is 29.3 Å². The quantitative estimate of drug-likeness (QED) is 0.806. The fraction of sp³-hybridized carbons (Fsp3) is 0.611. The van der Waals surface area contributed by atoms with Gasteiger partial charge in [-0.05, 0) is 50.5 Å². The maximum atomic E-state index is 12.7. The third kappa shape index (κ3) is 4.39. The first-order valence-electron chi connectivity index (χ1n) is 9.26. The number of quaternary nitrogens is 1. The molecule has 1 N–H and O–H groups in total. The van der Waals surface area contributed by atoms with Crippen molar-refractivity contribution in [2.75, 3.05) is 39.3 Å². The van der Waals surface area contributed by atoms with Gasteiger partial charge in [-0.25, -0.2) is 8.42 Å². The monoisotopic (exact) mass is 400 g/mol. The van der Waals surface area contributed by atoms with E-state index in [9.17, 15) is 13.2 Å². The van der Waals surface area contributed by atoms with Gasteiger partial charge in [-0.2, -0.15) is 4.31 Å². The van der Waals surface area contributed by atoms with E-state index < -0.39 is 10.0 Å². The van der Waals surface area contributed by atoms with Crippen LogP contribution in [0.3, 0.4) is 0 Å². The van der Waals surface area contributed by atoms with Crippen LogP contribution >= 0.6 is 11.6 Å². The molecule has 0 saturated carbocycles. The van der Waals surface area contributed by atoms with Crippen molar-refractivity contribution in [2.45, 2.75) is 37.1 Å². The third-order valence-electron chi connectivity index (χ3n) is 5.50. The van der Waals surface area contributed by atoms with Crippen molar-refractivity contribution in [1.82, 2.24) is 9.21 Å². The summed E-state index contributed by atoms with van der Waals surface area (Å²) in [5.41, 5.74) is 0. The Labute approximate surface area is 160 Å². The van der Waals surface area contributed by atoms with Gasteiger partial charge in [0.15, 0.2) is 6.54 Å². The summed E-state index contributed by atoms with van der Waals surface area (Å²) in [4.78, 5) is 16.0. The molecule has 144 valence electrons. The maximum absolute atomic E-state index is 12.7. The van der Waals surface area contributed by atoms with Crippen molar-refractivity contribution < 1.29 is 18.1 Å². The first-order chi connectivity index (χ1) is 12.4. The summed E-state index contributed by atoms with van der Waals surface area (Å²) in [5.74, 6) is 0.136. The second-order valence-corrected chi connectivity index (χ2v) is 9.60. The zero-order chi connectivity index (χ0) is 18.7. The number of halogens is 1. The molecule has 1 aromatic rings. The first kappa shape index (κ1) is 19.6. The van der Waals surface area contributed by atoms with E-state index in [1.165, 1.54) is 40.6 Å². The standard InChI is InChI=1S/C18H26ClN3O3S/c1-15-4-2-3-9-21(15)14-18(23)20-10-12-22(13-11-20)26(24,25)17-7-5-16(19)6-8-17/h5-8,15H,2-4,9-14H2,1H3/p+1/t15-/m0/s1. The fourth-order valence-corrected chi connectivity index (χ4v) is 5.30. The zero-order valence-electron chi connectivity index (χ0n) is 15.2. The van der Waals surface area contributed by atoms with Crippen molar-refractivity contribution in [3.63, 3.8) is 0 Å². The molecular formula is C18H27ClN3O3S+. The minimum Gasteiger partial charge on any atom is -0.335 e. The maximum Gasteiger partial charge on any atom is 0.277 e. The third-order valence-corrected chi connectivity index (χ3v) is 7.67. The Morgan fingerprint density at radius 3 is 2.42 bits per heavy atom. The van der Waals surface area contributed by atoms with E-state index >= 15 is 0 Å². The highest BCUT2D eigenvalue weighted by molar-refractivity contribution is 7.89. The van der Waals surface area contributed by atoms with Crippen molar-refractivity contribution in [3.8, 4) is 0 Å². The minimum absolute atomic E-state index is 0.136. The van der Waals surface area contributed by atoms with Crippen LogP contribution in [0.2, 0.25) is 5.02 Å². The number of likely N-dealkylation sites (tertiary alicyclic amines) is 1. The second kappa shape index (κ2) is 8.25. The summed E-state index contributed by atoms with van der Waals surface area (Å²) in [5, 5.41) is 0.508. The zero-order valence-corrected chi connectivity index (χ0v) is 16.7. The van der Waals surface area contributed by atoms with Gasteiger partial charge in [0, 0.05) is 31.2 Å². The Bertz CT molecular complexity index is 731. The lowest BCUT2D eigenvalue weighted by molar-refractivity contribution is -0.921. The van der Waals surface area contributed by atoms with Gasteiger partial charge < -0.3 is 9.80 Å². The lowest BCUT2D eigenvalue weighted by Gasteiger charge is -2.36. The molecule has 2 aliphatic heterocycles. The first-order valence-corrected chi connectivity index (χ1v) is 11.1. The largest absolute Gasteiger partial charge is 0.335 e. The molecule has 3 rings (SSSR count). The summed E-state index contributed by atoms with van der Waals surface area (Å²) in [6.07, 6.45) is 3.61. The number of sulfonamides is 1. The number of rotatable bonds is 4. The molecule has 2 fully saturated rings. The van der Waals surface area contributed by atoms with Gasteiger partial charge >= 0.3 is 0 Å². The van der Waals surface area contributed by atoms with E-state index in [1.807, 2.05) is 4.90 Å². The van der Waals surface area contributed by atoms with Gasteiger partial charge in [0.2, 0.25) is 10.0 Å². The fourth-order valence-electron chi connectivity index (χ4n) is 3.76. The molecule has 8 heteroatoms. The van der Waals surface area contributed by atoms with Crippen LogP contribution in [0.1, 0.15) is 26.2 Å². The summed E-state index contributed by atoms with van der Waals surface area (Å²) in [7, 11) is -3.53. The van der Waals surface area contributed by atoms with Gasteiger partial charge in [-0.1, -0.05) is 11.6 Å². The predicted molar refractivity (Wildman–Crippen MR) is 101 cm³/mol. The molecule has 26 heavy (non-hydrogen) atoms. The molecule has 1 amide bonds. The number of carbonyl (C=O) groups excluding carboxylic acids is 1. The molecule has 2 aliphatic rings. The van der Waals surface area contributed by atoms with E-state index in [4.69, 9.17) is 11.6 Å². The van der Waals surface area contributed by atoms with E-state index in [2.05, 4.69) is 6.92 Å². The second-order valence-electron chi connectivity index (χ2n) is 7.22. The molecular weight excluding hydrogens is 374 g/mol. The van der Waals surface area contributed by atoms with Crippen LogP contribution < -0.4 is 4.90 Å². The highest BCUT2D eigenvalue weighted by Crippen LogP contribution is 2.19. The molecule has 0 radical (unpaired) electrons. The summed E-state index contributed by atoms with van der Waals surface area (Å²) < 4.78 is 26.9. The number of amides is 1. The molecule has 0 bridgehead atoms. The number of piperazine rings is 1. The predicted octanol–water partition coefficient (Wildman–Crippen LogP) is 0.630. The highest BCUT2D eigenvalue weighted by atomic mass is 35.5. The van der Waals surface area contributed by atoms with Gasteiger partial charge in [-0.15, -0.1) is 0 Å². The Hall–Kier alpha value is -1.15. The average molecular weight is 401 g/mol. The van der Waals surface area contributed by atoms with Crippen LogP contribution in [-0.2, 0) is 14.8 Å². The average Bonchev–Trinajstić information content (AvgIpc) is 2.64. The molecule has 0 aromatic heterocycles. The molecule has 1 unspecified atom stereocenters. The van der Waals surface area contributed by atoms with E-state index in [1.54, 1.807) is 12.1 Å². The topological polar surface area (TPSA) is 62.1 Å². The van der Waals surface area contributed by atoms with Crippen LogP contribution in [0.4, 0.5) is 0 Å². The van der Waals surface area contributed by atoms with Crippen LogP contribution in [0.15, 0.2) is 29.2 Å². The Balaban J connectivity index is 1.56. The number of hydrogen-bond acceptors (Lipinski definition) is 3. The number of hydrogen-bond donors (Lipinski definition) is 1. The molecule has 2 heterocycles. The molecule has 0 spiro atoms. The number of benzene rings is 1. The smallest absolute Gasteiger partial charge is 0.277 e. The van der Waals surface area contributed by atoms with Gasteiger partial charge in [0.25, 0.3) is 5.91 Å². The Kier molecular flexibility index (Phi) is 6.22. The van der Waals surface area contributed by atoms with Crippen LogP contribution in [0.5, 0.6) is 0 Å². The number of carbonyl (C=O) groups is 1. The van der Waals surface area contributed by atoms with Crippen molar-refractivity contribution in [2.24, 2.45) is 0 Å². The van der Waals surface area contributed by atoms with Crippen LogP contribution in [-0.4, -0.2) is 68.8 Å². The highest BCUT2D eigenvalue weighted by Gasteiger charge is 2.32. The lowest BCUT2D eigenvalue weighted by Crippen LogP contribution is -3.17. The van der Waals surface area contributed by atoms with Crippen molar-refractivity contribution >= 4 is 27.5 Å². The van der Waals surface area contributed by atoms with Gasteiger partial charge in [-0.3, -0.25) is 4.79 Å². The van der Waals surface area contributed by atoms with Crippen LogP contribution in [0.25, 0.3) is 0 Å². The summed E-state index contributed by atoms with van der Waals surface area (Å²) >= 11 is 5.84. The Morgan fingerprint density at radius 1 is 1.15 bits per heavy atom. The lowest BCUT2D eigenvalue weighted by atomic mass is 10.0.